The molecule has 7 heteroatoms. The number of rotatable bonds is 5. The second kappa shape index (κ2) is 6.91. The molecule has 118 valence electrons. The van der Waals surface area contributed by atoms with Gasteiger partial charge in [0.15, 0.2) is 0 Å². The third-order valence-electron chi connectivity index (χ3n) is 3.84. The summed E-state index contributed by atoms with van der Waals surface area (Å²) in [6.07, 6.45) is 3.68. The fourth-order valence-corrected chi connectivity index (χ4v) is 3.31. The van der Waals surface area contributed by atoms with Gasteiger partial charge in [0.1, 0.15) is 11.6 Å². The highest BCUT2D eigenvalue weighted by Gasteiger charge is 2.23. The Morgan fingerprint density at radius 2 is 2.18 bits per heavy atom. The zero-order valence-electron chi connectivity index (χ0n) is 12.7. The minimum atomic E-state index is 0.197. The van der Waals surface area contributed by atoms with Gasteiger partial charge in [0.25, 0.3) is 0 Å². The van der Waals surface area contributed by atoms with Crippen LogP contribution in [0.3, 0.4) is 0 Å². The summed E-state index contributed by atoms with van der Waals surface area (Å²) in [5.74, 6) is 1.97. The van der Waals surface area contributed by atoms with Crippen molar-refractivity contribution >= 4 is 22.6 Å². The second-order valence-electron chi connectivity index (χ2n) is 5.29. The first-order chi connectivity index (χ1) is 10.8. The van der Waals surface area contributed by atoms with E-state index in [1.54, 1.807) is 6.26 Å². The van der Waals surface area contributed by atoms with Gasteiger partial charge in [0.05, 0.1) is 6.26 Å². The predicted molar refractivity (Wildman–Crippen MR) is 85.1 cm³/mol. The monoisotopic (exact) mass is 320 g/mol. The first-order valence-corrected chi connectivity index (χ1v) is 8.41. The van der Waals surface area contributed by atoms with Crippen molar-refractivity contribution in [1.82, 2.24) is 14.3 Å². The minimum Gasteiger partial charge on any atom is -0.469 e. The fourth-order valence-electron chi connectivity index (χ4n) is 2.51. The molecule has 1 aliphatic heterocycles. The van der Waals surface area contributed by atoms with E-state index in [9.17, 15) is 4.79 Å². The molecule has 2 aromatic rings. The van der Waals surface area contributed by atoms with Crippen LogP contribution in [0, 0.1) is 0 Å². The van der Waals surface area contributed by atoms with E-state index in [1.165, 1.54) is 11.5 Å². The highest BCUT2D eigenvalue weighted by molar-refractivity contribution is 7.09. The third-order valence-corrected chi connectivity index (χ3v) is 4.66. The van der Waals surface area contributed by atoms with E-state index in [1.807, 2.05) is 17.0 Å². The Labute approximate surface area is 133 Å². The first kappa shape index (κ1) is 15.0. The molecule has 3 heterocycles. The number of aryl methyl sites for hydroxylation is 2. The minimum absolute atomic E-state index is 0.197. The number of hydrogen-bond donors (Lipinski definition) is 0. The van der Waals surface area contributed by atoms with Gasteiger partial charge >= 0.3 is 0 Å². The van der Waals surface area contributed by atoms with E-state index in [4.69, 9.17) is 4.42 Å². The van der Waals surface area contributed by atoms with Gasteiger partial charge in [-0.3, -0.25) is 4.79 Å². The molecule has 0 aliphatic carbocycles. The fraction of sp³-hybridized carbons (Fsp3) is 0.533. The molecule has 22 heavy (non-hydrogen) atoms. The lowest BCUT2D eigenvalue weighted by Crippen LogP contribution is -2.48. The van der Waals surface area contributed by atoms with Crippen LogP contribution in [0.4, 0.5) is 5.13 Å². The molecule has 6 nitrogen and oxygen atoms in total. The standard InChI is InChI=1S/C15H20N4O2S/c1-2-13-16-15(22-17-13)19-9-7-18(8-10-19)14(20)6-5-12-4-3-11-21-12/h3-4,11H,2,5-10H2,1H3. The number of aromatic nitrogens is 2. The van der Waals surface area contributed by atoms with Crippen molar-refractivity contribution in [3.05, 3.63) is 30.0 Å². The molecule has 2 aromatic heterocycles. The van der Waals surface area contributed by atoms with E-state index >= 15 is 0 Å². The van der Waals surface area contributed by atoms with E-state index in [2.05, 4.69) is 21.2 Å². The van der Waals surface area contributed by atoms with Crippen molar-refractivity contribution in [3.8, 4) is 0 Å². The molecular weight excluding hydrogens is 300 g/mol. The molecule has 0 radical (unpaired) electrons. The predicted octanol–water partition coefficient (Wildman–Crippen LogP) is 1.97. The maximum absolute atomic E-state index is 12.2. The Balaban J connectivity index is 1.47. The largest absolute Gasteiger partial charge is 0.469 e. The number of anilines is 1. The summed E-state index contributed by atoms with van der Waals surface area (Å²) >= 11 is 1.45. The third kappa shape index (κ3) is 3.47. The number of piperazine rings is 1. The van der Waals surface area contributed by atoms with E-state index in [0.717, 1.165) is 49.3 Å². The number of nitrogens with zero attached hydrogens (tertiary/aromatic N) is 4. The van der Waals surface area contributed by atoms with Gasteiger partial charge in [-0.25, -0.2) is 4.98 Å². The number of amides is 1. The van der Waals surface area contributed by atoms with Crippen LogP contribution in [-0.2, 0) is 17.6 Å². The molecule has 0 N–H and O–H groups in total. The number of carbonyl (C=O) groups excluding carboxylic acids is 1. The molecular formula is C15H20N4O2S. The van der Waals surface area contributed by atoms with Gasteiger partial charge in [-0.1, -0.05) is 6.92 Å². The first-order valence-electron chi connectivity index (χ1n) is 7.64. The SMILES string of the molecule is CCc1nsc(N2CCN(C(=O)CCc3ccco3)CC2)n1. The van der Waals surface area contributed by atoms with Crippen LogP contribution in [0.1, 0.15) is 24.9 Å². The smallest absolute Gasteiger partial charge is 0.223 e. The van der Waals surface area contributed by atoms with E-state index < -0.39 is 0 Å². The quantitative estimate of drug-likeness (QED) is 0.843. The second-order valence-corrected chi connectivity index (χ2v) is 6.02. The van der Waals surface area contributed by atoms with Gasteiger partial charge in [-0.05, 0) is 12.1 Å². The lowest BCUT2D eigenvalue weighted by molar-refractivity contribution is -0.131. The van der Waals surface area contributed by atoms with Crippen LogP contribution >= 0.6 is 11.5 Å². The van der Waals surface area contributed by atoms with Gasteiger partial charge in [-0.2, -0.15) is 4.37 Å². The molecule has 1 aliphatic rings. The maximum atomic E-state index is 12.2. The Hall–Kier alpha value is -1.89. The van der Waals surface area contributed by atoms with Crippen LogP contribution in [0.25, 0.3) is 0 Å². The highest BCUT2D eigenvalue weighted by Crippen LogP contribution is 2.19. The van der Waals surface area contributed by atoms with Crippen molar-refractivity contribution in [3.63, 3.8) is 0 Å². The molecule has 0 spiro atoms. The summed E-state index contributed by atoms with van der Waals surface area (Å²) in [5, 5.41) is 0.972. The Kier molecular flexibility index (Phi) is 4.72. The summed E-state index contributed by atoms with van der Waals surface area (Å²) in [4.78, 5) is 20.9. The Morgan fingerprint density at radius 3 is 2.82 bits per heavy atom. The van der Waals surface area contributed by atoms with Gasteiger partial charge < -0.3 is 14.2 Å². The molecule has 1 amide bonds. The summed E-state index contributed by atoms with van der Waals surface area (Å²) in [5.41, 5.74) is 0. The van der Waals surface area contributed by atoms with Crippen LogP contribution in [-0.4, -0.2) is 46.3 Å². The van der Waals surface area contributed by atoms with Crippen molar-refractivity contribution < 1.29 is 9.21 Å². The van der Waals surface area contributed by atoms with Crippen LogP contribution < -0.4 is 4.90 Å². The van der Waals surface area contributed by atoms with Gasteiger partial charge in [-0.15, -0.1) is 0 Å². The van der Waals surface area contributed by atoms with Crippen LogP contribution in [0.2, 0.25) is 0 Å². The zero-order valence-corrected chi connectivity index (χ0v) is 13.5. The summed E-state index contributed by atoms with van der Waals surface area (Å²) in [6, 6.07) is 3.76. The number of furan rings is 1. The van der Waals surface area contributed by atoms with Crippen molar-refractivity contribution in [2.45, 2.75) is 26.2 Å². The average Bonchev–Trinajstić information content (AvgIpc) is 3.24. The summed E-state index contributed by atoms with van der Waals surface area (Å²) < 4.78 is 9.59. The van der Waals surface area contributed by atoms with E-state index in [-0.39, 0.29) is 5.91 Å². The van der Waals surface area contributed by atoms with Crippen molar-refractivity contribution in [2.24, 2.45) is 0 Å². The van der Waals surface area contributed by atoms with Crippen molar-refractivity contribution in [2.75, 3.05) is 31.1 Å². The van der Waals surface area contributed by atoms with Crippen LogP contribution in [0.15, 0.2) is 22.8 Å². The van der Waals surface area contributed by atoms with Crippen molar-refractivity contribution in [1.29, 1.82) is 0 Å². The number of hydrogen-bond acceptors (Lipinski definition) is 6. The Bertz CT molecular complexity index is 603. The highest BCUT2D eigenvalue weighted by atomic mass is 32.1. The maximum Gasteiger partial charge on any atom is 0.223 e. The lowest BCUT2D eigenvalue weighted by Gasteiger charge is -2.34. The average molecular weight is 320 g/mol. The normalized spacial score (nSPS) is 15.3. The van der Waals surface area contributed by atoms with Gasteiger partial charge in [0.2, 0.25) is 11.0 Å². The Morgan fingerprint density at radius 1 is 1.36 bits per heavy atom. The van der Waals surface area contributed by atoms with Crippen LogP contribution in [0.5, 0.6) is 0 Å². The lowest BCUT2D eigenvalue weighted by atomic mass is 10.2. The topological polar surface area (TPSA) is 62.5 Å². The summed E-state index contributed by atoms with van der Waals surface area (Å²) in [7, 11) is 0. The molecule has 0 atom stereocenters. The number of carbonyl (C=O) groups is 1. The molecule has 1 saturated heterocycles. The van der Waals surface area contributed by atoms with E-state index in [0.29, 0.717) is 12.8 Å². The molecule has 3 rings (SSSR count). The molecule has 0 bridgehead atoms. The molecule has 0 aromatic carbocycles. The molecule has 0 unspecified atom stereocenters. The van der Waals surface area contributed by atoms with Gasteiger partial charge in [0, 0.05) is 57.0 Å². The molecule has 0 saturated carbocycles. The summed E-state index contributed by atoms with van der Waals surface area (Å²) in [6.45, 7) is 5.20. The zero-order chi connectivity index (χ0) is 15.4. The molecule has 1 fully saturated rings.